The topological polar surface area (TPSA) is 93.5 Å². The van der Waals surface area contributed by atoms with Crippen molar-refractivity contribution in [3.05, 3.63) is 34.6 Å². The number of rotatable bonds is 9. The largest absolute Gasteiger partial charge is 0.453 e. The monoisotopic (exact) mass is 406 g/mol. The number of amides is 2. The van der Waals surface area contributed by atoms with Crippen LogP contribution >= 0.6 is 11.8 Å². The number of aromatic nitrogens is 2. The third-order valence-electron chi connectivity index (χ3n) is 4.34. The fraction of sp³-hybridized carbons (Fsp3) is 0.474. The van der Waals surface area contributed by atoms with Crippen molar-refractivity contribution < 1.29 is 14.3 Å². The molecule has 0 unspecified atom stereocenters. The summed E-state index contributed by atoms with van der Waals surface area (Å²) in [4.78, 5) is 42.8. The van der Waals surface area contributed by atoms with Crippen LogP contribution in [0.2, 0.25) is 0 Å². The molecule has 0 aliphatic carbocycles. The maximum atomic E-state index is 13.0. The van der Waals surface area contributed by atoms with Gasteiger partial charge in [-0.05, 0) is 38.2 Å². The summed E-state index contributed by atoms with van der Waals surface area (Å²) < 4.78 is 6.03. The Kier molecular flexibility index (Phi) is 8.46. The molecule has 2 rings (SSSR count). The smallest absolute Gasteiger partial charge is 0.413 e. The Morgan fingerprint density at radius 3 is 2.64 bits per heavy atom. The predicted molar refractivity (Wildman–Crippen MR) is 110 cm³/mol. The molecule has 1 aromatic carbocycles. The van der Waals surface area contributed by atoms with E-state index in [2.05, 4.69) is 33.8 Å². The maximum absolute atomic E-state index is 13.0. The number of nitrogens with one attached hydrogen (secondary N) is 1. The van der Waals surface area contributed by atoms with Gasteiger partial charge in [-0.3, -0.25) is 19.5 Å². The molecule has 0 spiro atoms. The molecule has 1 aromatic heterocycles. The van der Waals surface area contributed by atoms with Gasteiger partial charge >= 0.3 is 6.09 Å². The van der Waals surface area contributed by atoms with Gasteiger partial charge in [0, 0.05) is 6.54 Å². The van der Waals surface area contributed by atoms with E-state index in [9.17, 15) is 14.4 Å². The van der Waals surface area contributed by atoms with Gasteiger partial charge in [0.25, 0.3) is 5.56 Å². The molecule has 8 nitrogen and oxygen atoms in total. The zero-order valence-corrected chi connectivity index (χ0v) is 17.3. The van der Waals surface area contributed by atoms with Crippen LogP contribution in [-0.4, -0.2) is 58.9 Å². The van der Waals surface area contributed by atoms with Crippen molar-refractivity contribution in [3.8, 4) is 0 Å². The normalized spacial score (nSPS) is 11.0. The quantitative estimate of drug-likeness (QED) is 0.503. The number of imide groups is 1. The van der Waals surface area contributed by atoms with Crippen LogP contribution in [0.15, 0.2) is 34.2 Å². The zero-order chi connectivity index (χ0) is 20.5. The summed E-state index contributed by atoms with van der Waals surface area (Å²) >= 11 is 1.13. The summed E-state index contributed by atoms with van der Waals surface area (Å²) in [7, 11) is 1.19. The van der Waals surface area contributed by atoms with Crippen molar-refractivity contribution in [2.75, 3.05) is 32.5 Å². The second kappa shape index (κ2) is 10.8. The molecule has 0 aliphatic heterocycles. The summed E-state index contributed by atoms with van der Waals surface area (Å²) in [5.74, 6) is -0.551. The summed E-state index contributed by atoms with van der Waals surface area (Å²) in [6, 6.07) is 7.15. The average molecular weight is 407 g/mol. The molecule has 0 saturated heterocycles. The first-order valence-corrected chi connectivity index (χ1v) is 10.2. The lowest BCUT2D eigenvalue weighted by Gasteiger charge is -2.19. The van der Waals surface area contributed by atoms with Crippen molar-refractivity contribution >= 4 is 34.7 Å². The van der Waals surface area contributed by atoms with Gasteiger partial charge in [0.05, 0.1) is 23.8 Å². The second-order valence-corrected chi connectivity index (χ2v) is 7.02. The SMILES string of the molecule is CCN(CC)CCCn1c(SCC(=O)NC(=O)OC)nc2ccccc2c1=O. The van der Waals surface area contributed by atoms with E-state index in [-0.39, 0.29) is 11.3 Å². The van der Waals surface area contributed by atoms with Gasteiger partial charge in [-0.2, -0.15) is 0 Å². The number of alkyl carbamates (subject to hydrolysis) is 1. The first-order valence-electron chi connectivity index (χ1n) is 9.22. The first-order chi connectivity index (χ1) is 13.5. The molecule has 152 valence electrons. The number of thioether (sulfide) groups is 1. The Hall–Kier alpha value is -2.39. The van der Waals surface area contributed by atoms with Crippen LogP contribution in [0.25, 0.3) is 10.9 Å². The van der Waals surface area contributed by atoms with Crippen molar-refractivity contribution in [2.45, 2.75) is 32.0 Å². The molecule has 2 amide bonds. The van der Waals surface area contributed by atoms with Crippen LogP contribution in [0.1, 0.15) is 20.3 Å². The molecule has 0 radical (unpaired) electrons. The molecular formula is C19H26N4O4S. The molecule has 0 bridgehead atoms. The second-order valence-electron chi connectivity index (χ2n) is 6.08. The van der Waals surface area contributed by atoms with Crippen LogP contribution < -0.4 is 10.9 Å². The van der Waals surface area contributed by atoms with E-state index >= 15 is 0 Å². The van der Waals surface area contributed by atoms with E-state index < -0.39 is 12.0 Å². The Labute approximate surface area is 168 Å². The molecule has 0 fully saturated rings. The molecule has 0 atom stereocenters. The van der Waals surface area contributed by atoms with Crippen molar-refractivity contribution in [3.63, 3.8) is 0 Å². The van der Waals surface area contributed by atoms with E-state index in [4.69, 9.17) is 0 Å². The number of para-hydroxylation sites is 1. The highest BCUT2D eigenvalue weighted by Gasteiger charge is 2.14. The average Bonchev–Trinajstić information content (AvgIpc) is 2.71. The van der Waals surface area contributed by atoms with Crippen LogP contribution in [-0.2, 0) is 16.1 Å². The number of benzene rings is 1. The standard InChI is InChI=1S/C19H26N4O4S/c1-4-22(5-2)11-8-12-23-17(25)14-9-6-7-10-15(14)20-18(23)28-13-16(24)21-19(26)27-3/h6-7,9-10H,4-5,8,11-13H2,1-3H3,(H,21,24,26). The van der Waals surface area contributed by atoms with E-state index in [1.165, 1.54) is 7.11 Å². The zero-order valence-electron chi connectivity index (χ0n) is 16.4. The fourth-order valence-electron chi connectivity index (χ4n) is 2.78. The molecule has 2 aromatic rings. The van der Waals surface area contributed by atoms with Gasteiger partial charge in [0.2, 0.25) is 5.91 Å². The van der Waals surface area contributed by atoms with Gasteiger partial charge in [0.1, 0.15) is 0 Å². The van der Waals surface area contributed by atoms with Crippen molar-refractivity contribution in [1.82, 2.24) is 19.8 Å². The number of carbonyl (C=O) groups excluding carboxylic acids is 2. The van der Waals surface area contributed by atoms with Crippen LogP contribution in [0.3, 0.4) is 0 Å². The van der Waals surface area contributed by atoms with E-state index in [0.717, 1.165) is 37.8 Å². The maximum Gasteiger partial charge on any atom is 0.413 e. The summed E-state index contributed by atoms with van der Waals surface area (Å²) in [6.45, 7) is 7.50. The molecule has 0 aliphatic rings. The molecular weight excluding hydrogens is 380 g/mol. The highest BCUT2D eigenvalue weighted by molar-refractivity contribution is 7.99. The molecule has 1 N–H and O–H groups in total. The van der Waals surface area contributed by atoms with Crippen LogP contribution in [0.5, 0.6) is 0 Å². The van der Waals surface area contributed by atoms with Crippen LogP contribution in [0, 0.1) is 0 Å². The first kappa shape index (κ1) is 21.9. The Bertz CT molecular complexity index is 880. The molecule has 28 heavy (non-hydrogen) atoms. The lowest BCUT2D eigenvalue weighted by Crippen LogP contribution is -2.32. The Morgan fingerprint density at radius 1 is 1.25 bits per heavy atom. The summed E-state index contributed by atoms with van der Waals surface area (Å²) in [6.07, 6.45) is -0.0162. The fourth-order valence-corrected chi connectivity index (χ4v) is 3.60. The minimum Gasteiger partial charge on any atom is -0.453 e. The number of ether oxygens (including phenoxy) is 1. The van der Waals surface area contributed by atoms with E-state index in [0.29, 0.717) is 22.6 Å². The number of nitrogens with zero attached hydrogens (tertiary/aromatic N) is 3. The lowest BCUT2D eigenvalue weighted by molar-refractivity contribution is -0.117. The van der Waals surface area contributed by atoms with Crippen molar-refractivity contribution in [1.29, 1.82) is 0 Å². The third-order valence-corrected chi connectivity index (χ3v) is 5.31. The third kappa shape index (κ3) is 5.80. The number of methoxy groups -OCH3 is 1. The molecule has 9 heteroatoms. The minimum absolute atomic E-state index is 0.0457. The van der Waals surface area contributed by atoms with Crippen LogP contribution in [0.4, 0.5) is 4.79 Å². The molecule has 1 heterocycles. The highest BCUT2D eigenvalue weighted by atomic mass is 32.2. The number of hydrogen-bond acceptors (Lipinski definition) is 7. The highest BCUT2D eigenvalue weighted by Crippen LogP contribution is 2.18. The number of hydrogen-bond donors (Lipinski definition) is 1. The number of fused-ring (bicyclic) bond motifs is 1. The van der Waals surface area contributed by atoms with E-state index in [1.807, 2.05) is 12.1 Å². The van der Waals surface area contributed by atoms with Gasteiger partial charge in [-0.15, -0.1) is 0 Å². The van der Waals surface area contributed by atoms with Crippen molar-refractivity contribution in [2.24, 2.45) is 0 Å². The molecule has 0 saturated carbocycles. The summed E-state index contributed by atoms with van der Waals surface area (Å²) in [5.41, 5.74) is 0.462. The minimum atomic E-state index is -0.811. The lowest BCUT2D eigenvalue weighted by atomic mass is 10.2. The predicted octanol–water partition coefficient (Wildman–Crippen LogP) is 2.10. The number of carbonyl (C=O) groups is 2. The van der Waals surface area contributed by atoms with Gasteiger partial charge in [-0.25, -0.2) is 9.78 Å². The Morgan fingerprint density at radius 2 is 1.96 bits per heavy atom. The van der Waals surface area contributed by atoms with Gasteiger partial charge < -0.3 is 9.64 Å². The summed E-state index contributed by atoms with van der Waals surface area (Å²) in [5, 5.41) is 3.11. The van der Waals surface area contributed by atoms with Gasteiger partial charge in [0.15, 0.2) is 5.16 Å². The van der Waals surface area contributed by atoms with Gasteiger partial charge in [-0.1, -0.05) is 37.7 Å². The Balaban J connectivity index is 2.22. The van der Waals surface area contributed by atoms with E-state index in [1.54, 1.807) is 16.7 Å².